The topological polar surface area (TPSA) is 71.1 Å². The zero-order valence-corrected chi connectivity index (χ0v) is 14.6. The summed E-state index contributed by atoms with van der Waals surface area (Å²) >= 11 is 0. The van der Waals surface area contributed by atoms with Crippen molar-refractivity contribution in [3.8, 4) is 0 Å². The fourth-order valence-corrected chi connectivity index (χ4v) is 2.58. The normalized spacial score (nSPS) is 10.2. The Kier molecular flexibility index (Phi) is 5.08. The SMILES string of the molecule is Cc1cccc(C(=O)Nc2cccc(NC(=O)c3ncccc3C)c2)c1. The Labute approximate surface area is 152 Å². The van der Waals surface area contributed by atoms with E-state index in [4.69, 9.17) is 0 Å². The van der Waals surface area contributed by atoms with Crippen molar-refractivity contribution in [3.63, 3.8) is 0 Å². The molecule has 26 heavy (non-hydrogen) atoms. The average Bonchev–Trinajstić information content (AvgIpc) is 2.62. The fraction of sp³-hybridized carbons (Fsp3) is 0.0952. The number of anilines is 2. The second-order valence-corrected chi connectivity index (χ2v) is 6.03. The third-order valence-electron chi connectivity index (χ3n) is 3.88. The molecule has 0 saturated heterocycles. The molecule has 3 aromatic rings. The van der Waals surface area contributed by atoms with Crippen molar-refractivity contribution in [2.75, 3.05) is 10.6 Å². The van der Waals surface area contributed by atoms with Crippen LogP contribution in [0.1, 0.15) is 32.0 Å². The molecule has 0 unspecified atom stereocenters. The Morgan fingerprint density at radius 2 is 1.50 bits per heavy atom. The Morgan fingerprint density at radius 3 is 2.19 bits per heavy atom. The van der Waals surface area contributed by atoms with Gasteiger partial charge in [0.05, 0.1) is 0 Å². The largest absolute Gasteiger partial charge is 0.322 e. The summed E-state index contributed by atoms with van der Waals surface area (Å²) in [5.74, 6) is -0.483. The van der Waals surface area contributed by atoms with Crippen LogP contribution in [0, 0.1) is 13.8 Å². The van der Waals surface area contributed by atoms with Gasteiger partial charge in [0.1, 0.15) is 5.69 Å². The van der Waals surface area contributed by atoms with Gasteiger partial charge in [0.15, 0.2) is 0 Å². The van der Waals surface area contributed by atoms with Gasteiger partial charge in [-0.25, -0.2) is 0 Å². The molecule has 2 amide bonds. The van der Waals surface area contributed by atoms with Crippen LogP contribution in [-0.2, 0) is 0 Å². The van der Waals surface area contributed by atoms with Gasteiger partial charge in [-0.15, -0.1) is 0 Å². The molecular weight excluding hydrogens is 326 g/mol. The lowest BCUT2D eigenvalue weighted by molar-refractivity contribution is 0.101. The van der Waals surface area contributed by atoms with E-state index in [1.165, 1.54) is 0 Å². The number of carbonyl (C=O) groups excluding carboxylic acids is 2. The molecule has 0 bridgehead atoms. The van der Waals surface area contributed by atoms with E-state index in [2.05, 4.69) is 15.6 Å². The van der Waals surface area contributed by atoms with E-state index in [1.807, 2.05) is 38.1 Å². The van der Waals surface area contributed by atoms with Crippen molar-refractivity contribution in [1.82, 2.24) is 4.98 Å². The summed E-state index contributed by atoms with van der Waals surface area (Å²) in [4.78, 5) is 28.8. The molecule has 3 rings (SSSR count). The molecule has 130 valence electrons. The standard InChI is InChI=1S/C21H19N3O2/c1-14-6-3-8-16(12-14)20(25)23-17-9-4-10-18(13-17)24-21(26)19-15(2)7-5-11-22-19/h3-13H,1-2H3,(H,23,25)(H,24,26). The first-order valence-corrected chi connectivity index (χ1v) is 8.24. The van der Waals surface area contributed by atoms with Crippen molar-refractivity contribution in [3.05, 3.63) is 89.2 Å². The number of aromatic nitrogens is 1. The van der Waals surface area contributed by atoms with E-state index in [-0.39, 0.29) is 11.8 Å². The lowest BCUT2D eigenvalue weighted by Gasteiger charge is -2.10. The van der Waals surface area contributed by atoms with Crippen LogP contribution in [0.3, 0.4) is 0 Å². The molecule has 0 aliphatic carbocycles. The number of hydrogen-bond acceptors (Lipinski definition) is 3. The molecule has 1 aromatic heterocycles. The number of hydrogen-bond donors (Lipinski definition) is 2. The minimum Gasteiger partial charge on any atom is -0.322 e. The third kappa shape index (κ3) is 4.13. The highest BCUT2D eigenvalue weighted by atomic mass is 16.2. The molecule has 0 fully saturated rings. The van der Waals surface area contributed by atoms with Crippen LogP contribution < -0.4 is 10.6 Å². The van der Waals surface area contributed by atoms with Crippen molar-refractivity contribution in [1.29, 1.82) is 0 Å². The number of amides is 2. The maximum absolute atomic E-state index is 12.4. The van der Waals surface area contributed by atoms with Crippen LogP contribution in [0.15, 0.2) is 66.9 Å². The second-order valence-electron chi connectivity index (χ2n) is 6.03. The maximum Gasteiger partial charge on any atom is 0.274 e. The van der Waals surface area contributed by atoms with E-state index in [0.29, 0.717) is 22.6 Å². The third-order valence-corrected chi connectivity index (χ3v) is 3.88. The van der Waals surface area contributed by atoms with Crippen LogP contribution in [0.5, 0.6) is 0 Å². The Morgan fingerprint density at radius 1 is 0.808 bits per heavy atom. The molecule has 0 atom stereocenters. The molecule has 1 heterocycles. The number of carbonyl (C=O) groups is 2. The van der Waals surface area contributed by atoms with Crippen LogP contribution in [0.4, 0.5) is 11.4 Å². The Bertz CT molecular complexity index is 967. The van der Waals surface area contributed by atoms with Crippen molar-refractivity contribution >= 4 is 23.2 Å². The number of nitrogens with one attached hydrogen (secondary N) is 2. The van der Waals surface area contributed by atoms with Gasteiger partial charge in [0, 0.05) is 23.1 Å². The highest BCUT2D eigenvalue weighted by Crippen LogP contribution is 2.17. The average molecular weight is 345 g/mol. The lowest BCUT2D eigenvalue weighted by Crippen LogP contribution is -2.16. The summed E-state index contributed by atoms with van der Waals surface area (Å²) in [6.45, 7) is 3.77. The quantitative estimate of drug-likeness (QED) is 0.744. The van der Waals surface area contributed by atoms with E-state index < -0.39 is 0 Å². The van der Waals surface area contributed by atoms with Gasteiger partial charge in [-0.2, -0.15) is 0 Å². The van der Waals surface area contributed by atoms with Gasteiger partial charge >= 0.3 is 0 Å². The predicted octanol–water partition coefficient (Wildman–Crippen LogP) is 4.20. The molecule has 2 aromatic carbocycles. The molecular formula is C21H19N3O2. The van der Waals surface area contributed by atoms with Gasteiger partial charge in [0.25, 0.3) is 11.8 Å². The Hall–Kier alpha value is -3.47. The molecule has 2 N–H and O–H groups in total. The van der Waals surface area contributed by atoms with Gasteiger partial charge in [0.2, 0.25) is 0 Å². The molecule has 0 radical (unpaired) electrons. The fourth-order valence-electron chi connectivity index (χ4n) is 2.58. The van der Waals surface area contributed by atoms with Crippen molar-refractivity contribution < 1.29 is 9.59 Å². The van der Waals surface area contributed by atoms with Crippen LogP contribution in [0.25, 0.3) is 0 Å². The van der Waals surface area contributed by atoms with E-state index in [9.17, 15) is 9.59 Å². The minimum absolute atomic E-state index is 0.197. The highest BCUT2D eigenvalue weighted by molar-refractivity contribution is 6.06. The number of rotatable bonds is 4. The number of nitrogens with zero attached hydrogens (tertiary/aromatic N) is 1. The van der Waals surface area contributed by atoms with Gasteiger partial charge in [-0.1, -0.05) is 29.8 Å². The highest BCUT2D eigenvalue weighted by Gasteiger charge is 2.11. The first kappa shape index (κ1) is 17.4. The minimum atomic E-state index is -0.287. The lowest BCUT2D eigenvalue weighted by atomic mass is 10.1. The monoisotopic (exact) mass is 345 g/mol. The van der Waals surface area contributed by atoms with Crippen LogP contribution in [0.2, 0.25) is 0 Å². The van der Waals surface area contributed by atoms with Crippen LogP contribution >= 0.6 is 0 Å². The summed E-state index contributed by atoms with van der Waals surface area (Å²) in [6.07, 6.45) is 1.58. The molecule has 0 saturated carbocycles. The number of pyridine rings is 1. The van der Waals surface area contributed by atoms with Gasteiger partial charge in [-0.05, 0) is 55.8 Å². The van der Waals surface area contributed by atoms with Gasteiger partial charge in [-0.3, -0.25) is 14.6 Å². The van der Waals surface area contributed by atoms with E-state index in [0.717, 1.165) is 11.1 Å². The van der Waals surface area contributed by atoms with E-state index in [1.54, 1.807) is 42.6 Å². The van der Waals surface area contributed by atoms with Gasteiger partial charge < -0.3 is 10.6 Å². The molecule has 0 aliphatic heterocycles. The number of benzene rings is 2. The summed E-state index contributed by atoms with van der Waals surface area (Å²) in [5, 5.41) is 5.65. The molecule has 0 aliphatic rings. The summed E-state index contributed by atoms with van der Waals surface area (Å²) in [6, 6.07) is 18.0. The zero-order valence-electron chi connectivity index (χ0n) is 14.6. The van der Waals surface area contributed by atoms with Crippen LogP contribution in [-0.4, -0.2) is 16.8 Å². The smallest absolute Gasteiger partial charge is 0.274 e. The van der Waals surface area contributed by atoms with Crippen molar-refractivity contribution in [2.45, 2.75) is 13.8 Å². The molecule has 5 nitrogen and oxygen atoms in total. The second kappa shape index (κ2) is 7.61. The Balaban J connectivity index is 1.73. The summed E-state index contributed by atoms with van der Waals surface area (Å²) in [5.41, 5.74) is 3.97. The first-order valence-electron chi connectivity index (χ1n) is 8.24. The van der Waals surface area contributed by atoms with E-state index >= 15 is 0 Å². The first-order chi connectivity index (χ1) is 12.5. The van der Waals surface area contributed by atoms with Crippen molar-refractivity contribution in [2.24, 2.45) is 0 Å². The maximum atomic E-state index is 12.4. The molecule has 0 spiro atoms. The zero-order chi connectivity index (χ0) is 18.5. The predicted molar refractivity (Wildman–Crippen MR) is 103 cm³/mol. The number of aryl methyl sites for hydroxylation is 2. The summed E-state index contributed by atoms with van der Waals surface area (Å²) < 4.78 is 0. The summed E-state index contributed by atoms with van der Waals surface area (Å²) in [7, 11) is 0. The molecule has 5 heteroatoms.